The van der Waals surface area contributed by atoms with Gasteiger partial charge in [0.1, 0.15) is 0 Å². The summed E-state index contributed by atoms with van der Waals surface area (Å²) >= 11 is 1.49. The first kappa shape index (κ1) is 29.5. The van der Waals surface area contributed by atoms with Crippen LogP contribution >= 0.6 is 11.3 Å². The van der Waals surface area contributed by atoms with Crippen LogP contribution in [0.25, 0.3) is 0 Å². The van der Waals surface area contributed by atoms with E-state index in [0.717, 1.165) is 35.7 Å². The van der Waals surface area contributed by atoms with Crippen molar-refractivity contribution in [1.82, 2.24) is 15.2 Å². The lowest BCUT2D eigenvalue weighted by atomic mass is 10.1. The molecule has 1 heterocycles. The fraction of sp³-hybridized carbons (Fsp3) is 0.345. The largest absolute Gasteiger partial charge is 0.448 e. The minimum Gasteiger partial charge on any atom is -0.448 e. The van der Waals surface area contributed by atoms with Crippen LogP contribution in [0.3, 0.4) is 0 Å². The van der Waals surface area contributed by atoms with Gasteiger partial charge in [-0.3, -0.25) is 19.2 Å². The number of likely N-dealkylation sites (N-methyl/N-ethyl adjacent to an activating group) is 1. The van der Waals surface area contributed by atoms with Crippen molar-refractivity contribution in [2.45, 2.75) is 45.3 Å². The highest BCUT2D eigenvalue weighted by atomic mass is 32.1. The molecule has 0 fully saturated rings. The van der Waals surface area contributed by atoms with Gasteiger partial charge in [0.05, 0.1) is 10.7 Å². The Kier molecular flexibility index (Phi) is 11.2. The Morgan fingerprint density at radius 2 is 1.46 bits per heavy atom. The zero-order chi connectivity index (χ0) is 28.2. The van der Waals surface area contributed by atoms with Crippen LogP contribution in [0.5, 0.6) is 0 Å². The molecule has 2 amide bonds. The highest BCUT2D eigenvalue weighted by Crippen LogP contribution is 2.15. The summed E-state index contributed by atoms with van der Waals surface area (Å²) in [7, 11) is 1.54. The Morgan fingerprint density at radius 3 is 2.08 bits per heavy atom. The molecule has 0 unspecified atom stereocenters. The monoisotopic (exact) mass is 551 g/mol. The normalized spacial score (nSPS) is 12.2. The molecule has 1 aromatic heterocycles. The molecule has 0 aliphatic heterocycles. The van der Waals surface area contributed by atoms with E-state index in [1.165, 1.54) is 16.2 Å². The minimum atomic E-state index is -1.64. The summed E-state index contributed by atoms with van der Waals surface area (Å²) in [4.78, 5) is 56.0. The van der Waals surface area contributed by atoms with Gasteiger partial charge in [0.2, 0.25) is 12.2 Å². The summed E-state index contributed by atoms with van der Waals surface area (Å²) in [6.45, 7) is 2.76. The molecule has 3 rings (SSSR count). The van der Waals surface area contributed by atoms with E-state index >= 15 is 0 Å². The van der Waals surface area contributed by atoms with Crippen molar-refractivity contribution >= 4 is 35.1 Å². The van der Waals surface area contributed by atoms with Gasteiger partial charge in [-0.25, -0.2) is 4.98 Å². The number of benzene rings is 2. The van der Waals surface area contributed by atoms with Gasteiger partial charge in [0, 0.05) is 52.2 Å². The second-order valence-corrected chi connectivity index (χ2v) is 9.93. The molecule has 10 heteroatoms. The molecule has 0 aliphatic rings. The number of carbonyl (C=O) groups excluding carboxylic acids is 4. The first-order valence-corrected chi connectivity index (χ1v) is 13.5. The SMILES string of the molecule is CC(=O)O[C@@H](C(=O)NCCc1nc(Cc2ccccc2)cs1)[C@@H](OC(C)=O)C(=O)N(C)CCc1ccccc1. The molecular weight excluding hydrogens is 518 g/mol. The number of rotatable bonds is 13. The van der Waals surface area contributed by atoms with Gasteiger partial charge in [-0.1, -0.05) is 60.7 Å². The van der Waals surface area contributed by atoms with Crippen molar-refractivity contribution < 1.29 is 28.7 Å². The summed E-state index contributed by atoms with van der Waals surface area (Å²) in [5.41, 5.74) is 3.11. The van der Waals surface area contributed by atoms with E-state index < -0.39 is 36.0 Å². The lowest BCUT2D eigenvalue weighted by molar-refractivity contribution is -0.177. The molecule has 0 saturated carbocycles. The van der Waals surface area contributed by atoms with E-state index in [9.17, 15) is 19.2 Å². The molecule has 9 nitrogen and oxygen atoms in total. The van der Waals surface area contributed by atoms with Gasteiger partial charge in [-0.2, -0.15) is 0 Å². The Morgan fingerprint density at radius 1 is 0.872 bits per heavy atom. The smallest absolute Gasteiger partial charge is 0.303 e. The molecule has 2 atom stereocenters. The van der Waals surface area contributed by atoms with E-state index in [2.05, 4.69) is 10.3 Å². The maximum absolute atomic E-state index is 13.2. The van der Waals surface area contributed by atoms with E-state index in [1.807, 2.05) is 66.0 Å². The molecule has 3 aromatic rings. The maximum atomic E-state index is 13.2. The molecule has 0 bridgehead atoms. The van der Waals surface area contributed by atoms with Crippen LogP contribution in [-0.2, 0) is 47.9 Å². The lowest BCUT2D eigenvalue weighted by Gasteiger charge is -2.28. The number of amides is 2. The summed E-state index contributed by atoms with van der Waals surface area (Å²) < 4.78 is 10.4. The van der Waals surface area contributed by atoms with E-state index in [0.29, 0.717) is 25.8 Å². The highest BCUT2D eigenvalue weighted by molar-refractivity contribution is 7.09. The van der Waals surface area contributed by atoms with Crippen molar-refractivity contribution in [2.24, 2.45) is 0 Å². The number of ether oxygens (including phenoxy) is 2. The second kappa shape index (κ2) is 14.8. The number of aromatic nitrogens is 1. The molecule has 2 aromatic carbocycles. The molecule has 1 N–H and O–H groups in total. The predicted molar refractivity (Wildman–Crippen MR) is 147 cm³/mol. The molecule has 0 spiro atoms. The van der Waals surface area contributed by atoms with Crippen molar-refractivity contribution in [1.29, 1.82) is 0 Å². The van der Waals surface area contributed by atoms with Crippen molar-refractivity contribution in [2.75, 3.05) is 20.1 Å². The number of nitrogens with one attached hydrogen (secondary N) is 1. The van der Waals surface area contributed by atoms with E-state index in [4.69, 9.17) is 9.47 Å². The Labute approximate surface area is 232 Å². The number of esters is 2. The number of thiazole rings is 1. The summed E-state index contributed by atoms with van der Waals surface area (Å²) in [6, 6.07) is 19.6. The van der Waals surface area contributed by atoms with Crippen LogP contribution in [0.2, 0.25) is 0 Å². The van der Waals surface area contributed by atoms with Gasteiger partial charge >= 0.3 is 11.9 Å². The molecule has 206 valence electrons. The number of hydrogen-bond donors (Lipinski definition) is 1. The average molecular weight is 552 g/mol. The van der Waals surface area contributed by atoms with Gasteiger partial charge < -0.3 is 19.7 Å². The number of carbonyl (C=O) groups is 4. The fourth-order valence-corrected chi connectivity index (χ4v) is 4.66. The molecule has 39 heavy (non-hydrogen) atoms. The fourth-order valence-electron chi connectivity index (χ4n) is 3.86. The summed E-state index contributed by atoms with van der Waals surface area (Å²) in [5, 5.41) is 5.50. The first-order chi connectivity index (χ1) is 18.7. The van der Waals surface area contributed by atoms with Gasteiger partial charge in [0.25, 0.3) is 11.8 Å². The van der Waals surface area contributed by atoms with Crippen LogP contribution in [-0.4, -0.2) is 66.0 Å². The maximum Gasteiger partial charge on any atom is 0.303 e. The zero-order valence-electron chi connectivity index (χ0n) is 22.3. The van der Waals surface area contributed by atoms with Crippen LogP contribution in [0.15, 0.2) is 66.0 Å². The van der Waals surface area contributed by atoms with Gasteiger partial charge in [0.15, 0.2) is 0 Å². The summed E-state index contributed by atoms with van der Waals surface area (Å²) in [6.07, 6.45) is -1.54. The van der Waals surface area contributed by atoms with Crippen LogP contribution in [0.1, 0.15) is 35.7 Å². The van der Waals surface area contributed by atoms with Crippen LogP contribution < -0.4 is 5.32 Å². The first-order valence-electron chi connectivity index (χ1n) is 12.6. The zero-order valence-corrected chi connectivity index (χ0v) is 23.1. The van der Waals surface area contributed by atoms with Crippen molar-refractivity contribution in [3.8, 4) is 0 Å². The Balaban J connectivity index is 1.62. The van der Waals surface area contributed by atoms with E-state index in [1.54, 1.807) is 7.05 Å². The lowest BCUT2D eigenvalue weighted by Crippen LogP contribution is -2.53. The summed E-state index contributed by atoms with van der Waals surface area (Å²) in [5.74, 6) is -2.93. The Bertz CT molecular complexity index is 1250. The third-order valence-electron chi connectivity index (χ3n) is 5.78. The molecule has 0 aliphatic carbocycles. The quantitative estimate of drug-likeness (QED) is 0.325. The van der Waals surface area contributed by atoms with Crippen LogP contribution in [0, 0.1) is 0 Å². The van der Waals surface area contributed by atoms with E-state index in [-0.39, 0.29) is 6.54 Å². The standard InChI is InChI=1S/C29H33N3O6S/c1-20(33)37-26(27(38-21(2)34)29(36)32(3)17-15-22-10-6-4-7-11-22)28(35)30-16-14-25-31-24(19-39-25)18-23-12-8-5-9-13-23/h4-13,19,26-27H,14-18H2,1-3H3,(H,30,35)/t26-,27-/m1/s1. The minimum absolute atomic E-state index is 0.194. The second-order valence-electron chi connectivity index (χ2n) is 8.99. The van der Waals surface area contributed by atoms with Crippen LogP contribution in [0.4, 0.5) is 0 Å². The van der Waals surface area contributed by atoms with Crippen molar-refractivity contribution in [3.63, 3.8) is 0 Å². The average Bonchev–Trinajstić information content (AvgIpc) is 3.36. The third kappa shape index (κ3) is 9.64. The predicted octanol–water partition coefficient (Wildman–Crippen LogP) is 2.96. The molecule has 0 saturated heterocycles. The van der Waals surface area contributed by atoms with Gasteiger partial charge in [-0.15, -0.1) is 11.3 Å². The third-order valence-corrected chi connectivity index (χ3v) is 6.74. The Hall–Kier alpha value is -4.05. The highest BCUT2D eigenvalue weighted by Gasteiger charge is 2.40. The number of hydrogen-bond acceptors (Lipinski definition) is 8. The number of nitrogens with zero attached hydrogens (tertiary/aromatic N) is 2. The molecule has 0 radical (unpaired) electrons. The molecular formula is C29H33N3O6S. The van der Waals surface area contributed by atoms with Crippen molar-refractivity contribution in [3.05, 3.63) is 87.9 Å². The van der Waals surface area contributed by atoms with Gasteiger partial charge in [-0.05, 0) is 17.5 Å². The topological polar surface area (TPSA) is 115 Å².